The van der Waals surface area contributed by atoms with E-state index < -0.39 is 0 Å². The number of phenolic OH excluding ortho intramolecular Hbond substituents is 1. The molecule has 2 aliphatic heterocycles. The van der Waals surface area contributed by atoms with Gasteiger partial charge in [-0.3, -0.25) is 9.69 Å². The number of H-pyrrole nitrogens is 1. The van der Waals surface area contributed by atoms with Crippen LogP contribution in [0.2, 0.25) is 10.0 Å². The van der Waals surface area contributed by atoms with Crippen molar-refractivity contribution >= 4 is 46.1 Å². The van der Waals surface area contributed by atoms with Crippen LogP contribution in [0.4, 0.5) is 0 Å². The molecule has 1 amide bonds. The standard InChI is InChI=1S/C29H33Cl2N3O2/c30-26-9-4-19(14-27(26)31)5-11-29(36)32-12-2-1-3-13-34-21-6-7-22(34)16-20(15-21)25-18-33-28-10-8-23(35)17-24(25)28/h4-5,8-11,14,17-18,20-22,33,35H,1-3,6-7,12-13,15-16H2,(H,32,36)/b11-5+. The summed E-state index contributed by atoms with van der Waals surface area (Å²) in [5.41, 5.74) is 3.32. The van der Waals surface area contributed by atoms with Gasteiger partial charge in [-0.05, 0) is 98.5 Å². The minimum atomic E-state index is -0.0909. The van der Waals surface area contributed by atoms with Crippen LogP contribution >= 0.6 is 23.2 Å². The van der Waals surface area contributed by atoms with Crippen molar-refractivity contribution in [3.05, 3.63) is 69.8 Å². The Bertz CT molecular complexity index is 1240. The van der Waals surface area contributed by atoms with Gasteiger partial charge in [0.25, 0.3) is 0 Å². The van der Waals surface area contributed by atoms with E-state index in [0.29, 0.717) is 40.3 Å². The first-order valence-corrected chi connectivity index (χ1v) is 13.7. The zero-order chi connectivity index (χ0) is 25.1. The third-order valence-electron chi connectivity index (χ3n) is 7.78. The quantitative estimate of drug-likeness (QED) is 0.210. The Balaban J connectivity index is 1.03. The van der Waals surface area contributed by atoms with Crippen molar-refractivity contribution < 1.29 is 9.90 Å². The molecule has 5 rings (SSSR count). The third-order valence-corrected chi connectivity index (χ3v) is 8.52. The molecule has 1 aromatic heterocycles. The number of halogens is 2. The predicted octanol–water partition coefficient (Wildman–Crippen LogP) is 6.89. The summed E-state index contributed by atoms with van der Waals surface area (Å²) in [5.74, 6) is 0.802. The summed E-state index contributed by atoms with van der Waals surface area (Å²) in [5, 5.41) is 15.1. The molecule has 2 fully saturated rings. The number of piperidine rings is 1. The number of nitrogens with zero attached hydrogens (tertiary/aromatic N) is 1. The molecule has 0 spiro atoms. The van der Waals surface area contributed by atoms with E-state index in [1.807, 2.05) is 18.2 Å². The molecule has 5 nitrogen and oxygen atoms in total. The first kappa shape index (κ1) is 25.2. The van der Waals surface area contributed by atoms with Gasteiger partial charge in [0.2, 0.25) is 5.91 Å². The summed E-state index contributed by atoms with van der Waals surface area (Å²) < 4.78 is 0. The molecule has 2 unspecified atom stereocenters. The molecule has 2 bridgehead atoms. The highest BCUT2D eigenvalue weighted by Gasteiger charge is 2.41. The third kappa shape index (κ3) is 5.74. The predicted molar refractivity (Wildman–Crippen MR) is 148 cm³/mol. The number of carbonyl (C=O) groups is 1. The van der Waals surface area contributed by atoms with Gasteiger partial charge >= 0.3 is 0 Å². The average Bonchev–Trinajstić information content (AvgIpc) is 3.38. The summed E-state index contributed by atoms with van der Waals surface area (Å²) >= 11 is 11.9. The molecule has 190 valence electrons. The van der Waals surface area contributed by atoms with Gasteiger partial charge in [0, 0.05) is 41.8 Å². The van der Waals surface area contributed by atoms with Crippen molar-refractivity contribution in [3.63, 3.8) is 0 Å². The van der Waals surface area contributed by atoms with Crippen LogP contribution in [0.1, 0.15) is 62.0 Å². The molecule has 0 radical (unpaired) electrons. The van der Waals surface area contributed by atoms with E-state index in [4.69, 9.17) is 23.2 Å². The lowest BCUT2D eigenvalue weighted by Crippen LogP contribution is -2.42. The number of amides is 1. The number of aromatic nitrogens is 1. The summed E-state index contributed by atoms with van der Waals surface area (Å²) in [6, 6.07) is 12.2. The number of phenols is 1. The van der Waals surface area contributed by atoms with Gasteiger partial charge in [-0.25, -0.2) is 0 Å². The number of hydrogen-bond acceptors (Lipinski definition) is 3. The molecule has 0 saturated carbocycles. The fourth-order valence-electron chi connectivity index (χ4n) is 6.02. The van der Waals surface area contributed by atoms with Crippen LogP contribution in [0.25, 0.3) is 17.0 Å². The largest absolute Gasteiger partial charge is 0.508 e. The van der Waals surface area contributed by atoms with Gasteiger partial charge in [0.1, 0.15) is 5.75 Å². The van der Waals surface area contributed by atoms with Crippen molar-refractivity contribution in [1.82, 2.24) is 15.2 Å². The van der Waals surface area contributed by atoms with E-state index in [-0.39, 0.29) is 5.91 Å². The normalized spacial score (nSPS) is 22.0. The van der Waals surface area contributed by atoms with Gasteiger partial charge in [-0.2, -0.15) is 0 Å². The van der Waals surface area contributed by atoms with Crippen molar-refractivity contribution in [2.75, 3.05) is 13.1 Å². The van der Waals surface area contributed by atoms with Crippen molar-refractivity contribution in [3.8, 4) is 5.75 Å². The van der Waals surface area contributed by atoms with Gasteiger partial charge in [0.15, 0.2) is 0 Å². The molecule has 2 aliphatic rings. The Morgan fingerprint density at radius 2 is 1.86 bits per heavy atom. The highest BCUT2D eigenvalue weighted by molar-refractivity contribution is 6.42. The Morgan fingerprint density at radius 1 is 1.06 bits per heavy atom. The zero-order valence-electron chi connectivity index (χ0n) is 20.4. The fourth-order valence-corrected chi connectivity index (χ4v) is 6.32. The molecule has 2 atom stereocenters. The number of benzene rings is 2. The number of unbranched alkanes of at least 4 members (excludes halogenated alkanes) is 2. The van der Waals surface area contributed by atoms with Crippen LogP contribution in [0.5, 0.6) is 5.75 Å². The SMILES string of the molecule is O=C(/C=C/c1ccc(Cl)c(Cl)c1)NCCCCCN1C2CCC1CC(c1c[nH]c3ccc(O)cc13)C2. The topological polar surface area (TPSA) is 68.4 Å². The maximum absolute atomic E-state index is 12.1. The van der Waals surface area contributed by atoms with Crippen molar-refractivity contribution in [2.45, 2.75) is 62.9 Å². The Kier molecular flexibility index (Phi) is 7.90. The molecule has 2 saturated heterocycles. The number of rotatable bonds is 9. The number of nitrogens with one attached hydrogen (secondary N) is 2. The highest BCUT2D eigenvalue weighted by Crippen LogP contribution is 2.45. The van der Waals surface area contributed by atoms with Crippen LogP contribution in [-0.2, 0) is 4.79 Å². The van der Waals surface area contributed by atoms with E-state index in [1.165, 1.54) is 42.7 Å². The molecule has 3 heterocycles. The smallest absolute Gasteiger partial charge is 0.243 e. The van der Waals surface area contributed by atoms with Crippen LogP contribution in [0, 0.1) is 0 Å². The van der Waals surface area contributed by atoms with Crippen LogP contribution in [0.3, 0.4) is 0 Å². The van der Waals surface area contributed by atoms with E-state index in [2.05, 4.69) is 21.4 Å². The molecule has 0 aliphatic carbocycles. The lowest BCUT2D eigenvalue weighted by atomic mass is 9.84. The molecule has 36 heavy (non-hydrogen) atoms. The Hall–Kier alpha value is -2.47. The van der Waals surface area contributed by atoms with Gasteiger partial charge in [0.05, 0.1) is 10.0 Å². The number of aromatic hydroxyl groups is 1. The van der Waals surface area contributed by atoms with Gasteiger partial charge < -0.3 is 15.4 Å². The summed E-state index contributed by atoms with van der Waals surface area (Å²) in [6.07, 6.45) is 13.7. The molecule has 2 aromatic carbocycles. The second-order valence-corrected chi connectivity index (χ2v) is 10.9. The summed E-state index contributed by atoms with van der Waals surface area (Å²) in [7, 11) is 0. The minimum absolute atomic E-state index is 0.0909. The lowest BCUT2D eigenvalue weighted by Gasteiger charge is -2.39. The second kappa shape index (κ2) is 11.3. The molecular formula is C29H33Cl2N3O2. The highest BCUT2D eigenvalue weighted by atomic mass is 35.5. The second-order valence-electron chi connectivity index (χ2n) is 10.1. The lowest BCUT2D eigenvalue weighted by molar-refractivity contribution is -0.116. The van der Waals surface area contributed by atoms with Crippen LogP contribution < -0.4 is 5.32 Å². The van der Waals surface area contributed by atoms with Crippen molar-refractivity contribution in [2.24, 2.45) is 0 Å². The van der Waals surface area contributed by atoms with Crippen LogP contribution in [-0.4, -0.2) is 46.1 Å². The van der Waals surface area contributed by atoms with Gasteiger partial charge in [-0.1, -0.05) is 35.7 Å². The molecule has 7 heteroatoms. The minimum Gasteiger partial charge on any atom is -0.508 e. The van der Waals surface area contributed by atoms with E-state index >= 15 is 0 Å². The molecule has 3 N–H and O–H groups in total. The monoisotopic (exact) mass is 525 g/mol. The molecule has 3 aromatic rings. The number of fused-ring (bicyclic) bond motifs is 3. The first-order chi connectivity index (χ1) is 17.5. The summed E-state index contributed by atoms with van der Waals surface area (Å²) in [6.45, 7) is 1.83. The Labute approximate surface area is 222 Å². The van der Waals surface area contributed by atoms with Crippen LogP contribution in [0.15, 0.2) is 48.7 Å². The Morgan fingerprint density at radius 3 is 2.64 bits per heavy atom. The zero-order valence-corrected chi connectivity index (χ0v) is 21.9. The average molecular weight is 527 g/mol. The van der Waals surface area contributed by atoms with E-state index in [0.717, 1.165) is 36.9 Å². The van der Waals surface area contributed by atoms with E-state index in [1.54, 1.807) is 24.3 Å². The first-order valence-electron chi connectivity index (χ1n) is 12.9. The maximum Gasteiger partial charge on any atom is 0.243 e. The van der Waals surface area contributed by atoms with Crippen molar-refractivity contribution in [1.29, 1.82) is 0 Å². The molecular weight excluding hydrogens is 493 g/mol. The number of hydrogen-bond donors (Lipinski definition) is 3. The number of aromatic amines is 1. The van der Waals surface area contributed by atoms with Gasteiger partial charge in [-0.15, -0.1) is 0 Å². The van der Waals surface area contributed by atoms with E-state index in [9.17, 15) is 9.90 Å². The summed E-state index contributed by atoms with van der Waals surface area (Å²) in [4.78, 5) is 18.2. The number of carbonyl (C=O) groups excluding carboxylic acids is 1. The maximum atomic E-state index is 12.1. The fraction of sp³-hybridized carbons (Fsp3) is 0.414.